The lowest BCUT2D eigenvalue weighted by atomic mass is 9.95. The van der Waals surface area contributed by atoms with Crippen LogP contribution in [0.15, 0.2) is 81.7 Å². The smallest absolute Gasteiger partial charge is 0.258 e. The van der Waals surface area contributed by atoms with Crippen LogP contribution in [0.25, 0.3) is 11.3 Å². The van der Waals surface area contributed by atoms with Gasteiger partial charge >= 0.3 is 0 Å². The molecule has 5 rings (SSSR count). The zero-order valence-electron chi connectivity index (χ0n) is 18.6. The number of hydrazone groups is 1. The molecule has 0 radical (unpaired) electrons. The highest BCUT2D eigenvalue weighted by atomic mass is 79.9. The third-order valence-electron chi connectivity index (χ3n) is 5.91. The van der Waals surface area contributed by atoms with E-state index in [0.29, 0.717) is 6.42 Å². The number of aromatic nitrogens is 1. The van der Waals surface area contributed by atoms with Gasteiger partial charge in [-0.15, -0.1) is 11.3 Å². The van der Waals surface area contributed by atoms with E-state index in [4.69, 9.17) is 10.1 Å². The van der Waals surface area contributed by atoms with Crippen molar-refractivity contribution >= 4 is 43.8 Å². The number of aryl methyl sites for hydroxylation is 2. The molecule has 0 aliphatic carbocycles. The maximum absolute atomic E-state index is 11.4. The predicted molar refractivity (Wildman–Crippen MR) is 141 cm³/mol. The topological polar surface area (TPSA) is 71.6 Å². The molecule has 6 nitrogen and oxygen atoms in total. The summed E-state index contributed by atoms with van der Waals surface area (Å²) in [5.41, 5.74) is 7.20. The second-order valence-corrected chi connectivity index (χ2v) is 10.1. The van der Waals surface area contributed by atoms with E-state index in [9.17, 15) is 10.1 Å². The van der Waals surface area contributed by atoms with Crippen LogP contribution in [0.1, 0.15) is 34.7 Å². The minimum absolute atomic E-state index is 0.0762. The molecule has 0 fully saturated rings. The summed E-state index contributed by atoms with van der Waals surface area (Å²) >= 11 is 5.00. The number of non-ortho nitro benzene ring substituents is 1. The fourth-order valence-corrected chi connectivity index (χ4v) is 5.22. The highest BCUT2D eigenvalue weighted by molar-refractivity contribution is 9.10. The molecule has 2 heterocycles. The van der Waals surface area contributed by atoms with Gasteiger partial charge in [-0.05, 0) is 43.2 Å². The molecule has 0 bridgehead atoms. The Labute approximate surface area is 209 Å². The Morgan fingerprint density at radius 1 is 1.09 bits per heavy atom. The Balaban J connectivity index is 1.57. The lowest BCUT2D eigenvalue weighted by Gasteiger charge is -2.21. The van der Waals surface area contributed by atoms with Gasteiger partial charge in [-0.3, -0.25) is 10.1 Å². The van der Waals surface area contributed by atoms with Crippen molar-refractivity contribution in [1.29, 1.82) is 0 Å². The second kappa shape index (κ2) is 9.12. The lowest BCUT2D eigenvalue weighted by molar-refractivity contribution is -0.384. The summed E-state index contributed by atoms with van der Waals surface area (Å²) in [4.78, 5) is 15.9. The number of anilines is 1. The van der Waals surface area contributed by atoms with Gasteiger partial charge in [0.2, 0.25) is 5.13 Å². The molecule has 8 heteroatoms. The summed E-state index contributed by atoms with van der Waals surface area (Å²) in [5, 5.41) is 21.1. The molecule has 0 spiro atoms. The van der Waals surface area contributed by atoms with Crippen molar-refractivity contribution < 1.29 is 4.92 Å². The van der Waals surface area contributed by atoms with Crippen LogP contribution in [0.2, 0.25) is 0 Å². The van der Waals surface area contributed by atoms with E-state index in [-0.39, 0.29) is 16.7 Å². The lowest BCUT2D eigenvalue weighted by Crippen LogP contribution is -2.18. The van der Waals surface area contributed by atoms with Gasteiger partial charge in [0.15, 0.2) is 0 Å². The summed E-state index contributed by atoms with van der Waals surface area (Å²) in [6, 6.07) is 21.0. The van der Waals surface area contributed by atoms with Crippen LogP contribution in [0.4, 0.5) is 10.8 Å². The van der Waals surface area contributed by atoms with Crippen LogP contribution in [0, 0.1) is 24.0 Å². The van der Waals surface area contributed by atoms with Crippen LogP contribution in [-0.2, 0) is 0 Å². The molecule has 0 N–H and O–H groups in total. The molecule has 0 saturated carbocycles. The molecule has 34 heavy (non-hydrogen) atoms. The van der Waals surface area contributed by atoms with Gasteiger partial charge in [0.05, 0.1) is 22.4 Å². The Morgan fingerprint density at radius 3 is 2.65 bits per heavy atom. The normalized spacial score (nSPS) is 15.4. The number of thiazole rings is 1. The molecule has 0 amide bonds. The first-order chi connectivity index (χ1) is 16.4. The molecule has 0 saturated heterocycles. The largest absolute Gasteiger partial charge is 0.269 e. The van der Waals surface area contributed by atoms with Crippen LogP contribution in [0.3, 0.4) is 0 Å². The highest BCUT2D eigenvalue weighted by Gasteiger charge is 2.33. The number of halogens is 1. The number of rotatable bonds is 5. The molecule has 0 unspecified atom stereocenters. The Kier molecular flexibility index (Phi) is 6.02. The maximum atomic E-state index is 11.4. The maximum Gasteiger partial charge on any atom is 0.269 e. The van der Waals surface area contributed by atoms with Crippen LogP contribution >= 0.6 is 27.3 Å². The van der Waals surface area contributed by atoms with E-state index in [1.165, 1.54) is 23.0 Å². The van der Waals surface area contributed by atoms with E-state index in [2.05, 4.69) is 48.0 Å². The predicted octanol–water partition coefficient (Wildman–Crippen LogP) is 7.45. The number of nitro groups is 1. The molecule has 4 aromatic rings. The Bertz CT molecular complexity index is 1410. The van der Waals surface area contributed by atoms with E-state index >= 15 is 0 Å². The van der Waals surface area contributed by atoms with Crippen molar-refractivity contribution in [3.63, 3.8) is 0 Å². The first kappa shape index (κ1) is 22.4. The number of benzene rings is 3. The molecule has 1 aliphatic rings. The van der Waals surface area contributed by atoms with Crippen molar-refractivity contribution in [1.82, 2.24) is 4.98 Å². The van der Waals surface area contributed by atoms with Gasteiger partial charge < -0.3 is 0 Å². The van der Waals surface area contributed by atoms with Gasteiger partial charge in [-0.2, -0.15) is 5.10 Å². The average molecular weight is 533 g/mol. The quantitative estimate of drug-likeness (QED) is 0.197. The Hall–Kier alpha value is -3.36. The van der Waals surface area contributed by atoms with Crippen LogP contribution in [-0.4, -0.2) is 15.6 Å². The molecule has 1 aromatic heterocycles. The van der Waals surface area contributed by atoms with Gasteiger partial charge in [0.25, 0.3) is 5.69 Å². The molecule has 170 valence electrons. The van der Waals surface area contributed by atoms with Crippen LogP contribution in [0.5, 0.6) is 0 Å². The van der Waals surface area contributed by atoms with Crippen molar-refractivity contribution in [2.24, 2.45) is 5.10 Å². The van der Waals surface area contributed by atoms with Gasteiger partial charge in [0, 0.05) is 39.5 Å². The second-order valence-electron chi connectivity index (χ2n) is 8.30. The van der Waals surface area contributed by atoms with Crippen molar-refractivity contribution in [3.8, 4) is 11.3 Å². The summed E-state index contributed by atoms with van der Waals surface area (Å²) < 4.78 is 1.01. The number of hydrogen-bond acceptors (Lipinski definition) is 6. The monoisotopic (exact) mass is 532 g/mol. The van der Waals surface area contributed by atoms with E-state index in [0.717, 1.165) is 43.3 Å². The minimum atomic E-state index is -0.357. The zero-order valence-corrected chi connectivity index (χ0v) is 21.0. The van der Waals surface area contributed by atoms with Crippen LogP contribution < -0.4 is 5.01 Å². The Morgan fingerprint density at radius 2 is 1.88 bits per heavy atom. The van der Waals surface area contributed by atoms with Gasteiger partial charge in [0.1, 0.15) is 0 Å². The van der Waals surface area contributed by atoms with E-state index in [1.54, 1.807) is 12.1 Å². The van der Waals surface area contributed by atoms with Gasteiger partial charge in [-0.1, -0.05) is 57.9 Å². The molecular formula is C26H21BrN4O2S. The molecule has 3 aromatic carbocycles. The molecular weight excluding hydrogens is 512 g/mol. The molecule has 1 atom stereocenters. The number of nitrogens with zero attached hydrogens (tertiary/aromatic N) is 4. The summed E-state index contributed by atoms with van der Waals surface area (Å²) in [5.74, 6) is 0. The SMILES string of the molecule is Cc1ccc(C)c(C2=NN(c3nc(-c4ccc(Br)cc4)cs3)[C@@H](c3cccc([N+](=O)[O-])c3)C2)c1. The fraction of sp³-hybridized carbons (Fsp3) is 0.154. The summed E-state index contributed by atoms with van der Waals surface area (Å²) in [6.45, 7) is 4.15. The third kappa shape index (κ3) is 4.38. The summed E-state index contributed by atoms with van der Waals surface area (Å²) in [7, 11) is 0. The third-order valence-corrected chi connectivity index (χ3v) is 7.27. The van der Waals surface area contributed by atoms with E-state index < -0.39 is 0 Å². The standard InChI is InChI=1S/C26H21BrN4O2S/c1-16-6-7-17(2)22(12-16)23-14-25(19-4-3-5-21(13-19)31(32)33)30(29-23)26-28-24(15-34-26)18-8-10-20(27)11-9-18/h3-13,15,25H,14H2,1-2H3/t25-/m1/s1. The summed E-state index contributed by atoms with van der Waals surface area (Å²) in [6.07, 6.45) is 0.638. The zero-order chi connectivity index (χ0) is 23.8. The van der Waals surface area contributed by atoms with Crippen molar-refractivity contribution in [2.45, 2.75) is 26.3 Å². The minimum Gasteiger partial charge on any atom is -0.258 e. The fourth-order valence-electron chi connectivity index (χ4n) is 4.12. The first-order valence-electron chi connectivity index (χ1n) is 10.8. The first-order valence-corrected chi connectivity index (χ1v) is 12.5. The van der Waals surface area contributed by atoms with Crippen molar-refractivity contribution in [3.05, 3.63) is 109 Å². The number of hydrogen-bond donors (Lipinski definition) is 0. The van der Waals surface area contributed by atoms with E-state index in [1.807, 2.05) is 40.7 Å². The average Bonchev–Trinajstić information content (AvgIpc) is 3.49. The number of nitro benzene ring substituents is 1. The molecule has 1 aliphatic heterocycles. The van der Waals surface area contributed by atoms with Crippen molar-refractivity contribution in [2.75, 3.05) is 5.01 Å². The highest BCUT2D eigenvalue weighted by Crippen LogP contribution is 2.40. The van der Waals surface area contributed by atoms with Gasteiger partial charge in [-0.25, -0.2) is 9.99 Å².